The maximum Gasteiger partial charge on any atom is 0.316 e. The van der Waals surface area contributed by atoms with E-state index >= 15 is 0 Å². The first kappa shape index (κ1) is 21.8. The number of rotatable bonds is 8. The van der Waals surface area contributed by atoms with Gasteiger partial charge in [-0.15, -0.1) is 11.8 Å². The molecule has 0 aliphatic heterocycles. The normalized spacial score (nSPS) is 11.4. The summed E-state index contributed by atoms with van der Waals surface area (Å²) in [5.74, 6) is -1.22. The van der Waals surface area contributed by atoms with E-state index in [-0.39, 0.29) is 17.6 Å². The molecule has 9 heteroatoms. The third-order valence-electron chi connectivity index (χ3n) is 4.20. The third-order valence-corrected chi connectivity index (χ3v) is 5.45. The third kappa shape index (κ3) is 6.58. The van der Waals surface area contributed by atoms with Crippen LogP contribution in [0.3, 0.4) is 0 Å². The number of carboxylic acids is 1. The fourth-order valence-corrected chi connectivity index (χ4v) is 4.00. The van der Waals surface area contributed by atoms with Crippen molar-refractivity contribution >= 4 is 41.0 Å². The molecular weight excluding hydrogens is 416 g/mol. The van der Waals surface area contributed by atoms with Crippen molar-refractivity contribution in [3.63, 3.8) is 0 Å². The molecule has 5 N–H and O–H groups in total. The molecule has 3 aromatic rings. The van der Waals surface area contributed by atoms with Crippen LogP contribution in [0.1, 0.15) is 27.6 Å². The number of carbonyl (C=O) groups is 3. The van der Waals surface area contributed by atoms with Crippen LogP contribution in [0.15, 0.2) is 78.0 Å². The Kier molecular flexibility index (Phi) is 7.23. The number of amides is 3. The van der Waals surface area contributed by atoms with E-state index in [4.69, 9.17) is 5.73 Å². The van der Waals surface area contributed by atoms with Gasteiger partial charge in [0.2, 0.25) is 0 Å². The van der Waals surface area contributed by atoms with Crippen LogP contribution in [-0.2, 0) is 4.79 Å². The smallest absolute Gasteiger partial charge is 0.316 e. The lowest BCUT2D eigenvalue weighted by Crippen LogP contribution is -2.19. The van der Waals surface area contributed by atoms with Gasteiger partial charge in [-0.05, 0) is 54.1 Å². The van der Waals surface area contributed by atoms with Crippen molar-refractivity contribution in [1.82, 2.24) is 4.98 Å². The number of nitrogens with zero attached hydrogens (tertiary/aromatic N) is 1. The minimum absolute atomic E-state index is 0.0569. The van der Waals surface area contributed by atoms with Crippen LogP contribution in [0, 0.1) is 0 Å². The van der Waals surface area contributed by atoms with Crippen LogP contribution < -0.4 is 16.4 Å². The van der Waals surface area contributed by atoms with Gasteiger partial charge in [-0.2, -0.15) is 0 Å². The molecule has 1 heterocycles. The van der Waals surface area contributed by atoms with Crippen LogP contribution in [0.25, 0.3) is 0 Å². The SMILES string of the molecule is NC(=O)Nc1ccc(C(=O)Nc2cccc(SC(CC(=O)O)c3cccnc3)c2)cc1. The number of nitrogens with two attached hydrogens (primary N) is 1. The highest BCUT2D eigenvalue weighted by molar-refractivity contribution is 7.99. The summed E-state index contributed by atoms with van der Waals surface area (Å²) < 4.78 is 0. The Hall–Kier alpha value is -3.85. The Labute approximate surface area is 182 Å². The molecule has 1 atom stereocenters. The van der Waals surface area contributed by atoms with Crippen molar-refractivity contribution < 1.29 is 19.5 Å². The molecule has 0 spiro atoms. The van der Waals surface area contributed by atoms with E-state index in [0.717, 1.165) is 10.5 Å². The van der Waals surface area contributed by atoms with E-state index in [1.54, 1.807) is 60.9 Å². The molecule has 158 valence electrons. The number of anilines is 2. The number of nitrogens with one attached hydrogen (secondary N) is 2. The molecule has 0 aliphatic carbocycles. The molecule has 2 aromatic carbocycles. The highest BCUT2D eigenvalue weighted by Crippen LogP contribution is 2.38. The Bertz CT molecular complexity index is 1070. The van der Waals surface area contributed by atoms with Crippen LogP contribution in [0.2, 0.25) is 0 Å². The Morgan fingerprint density at radius 2 is 1.77 bits per heavy atom. The molecule has 0 bridgehead atoms. The number of benzene rings is 2. The van der Waals surface area contributed by atoms with E-state index in [0.29, 0.717) is 16.9 Å². The second-order valence-corrected chi connectivity index (χ2v) is 7.82. The Morgan fingerprint density at radius 3 is 2.42 bits per heavy atom. The van der Waals surface area contributed by atoms with Gasteiger partial charge in [0.15, 0.2) is 0 Å². The van der Waals surface area contributed by atoms with E-state index < -0.39 is 12.0 Å². The predicted molar refractivity (Wildman–Crippen MR) is 119 cm³/mol. The lowest BCUT2D eigenvalue weighted by molar-refractivity contribution is -0.137. The van der Waals surface area contributed by atoms with Gasteiger partial charge in [0.05, 0.1) is 6.42 Å². The highest BCUT2D eigenvalue weighted by Gasteiger charge is 2.18. The first-order chi connectivity index (χ1) is 14.9. The molecule has 3 rings (SSSR count). The number of hydrogen-bond acceptors (Lipinski definition) is 5. The summed E-state index contributed by atoms with van der Waals surface area (Å²) in [6.07, 6.45) is 3.24. The van der Waals surface area contributed by atoms with E-state index in [1.807, 2.05) is 12.1 Å². The quantitative estimate of drug-likeness (QED) is 0.392. The Morgan fingerprint density at radius 1 is 1.00 bits per heavy atom. The van der Waals surface area contributed by atoms with Crippen LogP contribution in [0.4, 0.5) is 16.2 Å². The van der Waals surface area contributed by atoms with Crippen LogP contribution >= 0.6 is 11.8 Å². The van der Waals surface area contributed by atoms with Gasteiger partial charge in [0.1, 0.15) is 0 Å². The van der Waals surface area contributed by atoms with Crippen molar-refractivity contribution in [3.05, 3.63) is 84.2 Å². The molecule has 8 nitrogen and oxygen atoms in total. The lowest BCUT2D eigenvalue weighted by atomic mass is 10.1. The fraction of sp³-hybridized carbons (Fsp3) is 0.0909. The van der Waals surface area contributed by atoms with Gasteiger partial charge in [-0.3, -0.25) is 14.6 Å². The number of carboxylic acid groups (broad SMARTS) is 1. The molecule has 0 saturated carbocycles. The van der Waals surface area contributed by atoms with Crippen molar-refractivity contribution in [3.8, 4) is 0 Å². The molecule has 1 aromatic heterocycles. The first-order valence-corrected chi connectivity index (χ1v) is 10.1. The van der Waals surface area contributed by atoms with E-state index in [9.17, 15) is 19.5 Å². The largest absolute Gasteiger partial charge is 0.481 e. The van der Waals surface area contributed by atoms with Crippen LogP contribution in [0.5, 0.6) is 0 Å². The van der Waals surface area contributed by atoms with Crippen molar-refractivity contribution in [2.75, 3.05) is 10.6 Å². The van der Waals surface area contributed by atoms with Gasteiger partial charge in [0.25, 0.3) is 5.91 Å². The molecular formula is C22H20N4O4S. The van der Waals surface area contributed by atoms with Crippen molar-refractivity contribution in [1.29, 1.82) is 0 Å². The van der Waals surface area contributed by atoms with Crippen LogP contribution in [-0.4, -0.2) is 28.0 Å². The molecule has 31 heavy (non-hydrogen) atoms. The zero-order valence-electron chi connectivity index (χ0n) is 16.3. The zero-order valence-corrected chi connectivity index (χ0v) is 17.1. The number of thioether (sulfide) groups is 1. The second-order valence-electron chi connectivity index (χ2n) is 6.54. The molecule has 0 aliphatic rings. The molecule has 0 radical (unpaired) electrons. The van der Waals surface area contributed by atoms with Crippen molar-refractivity contribution in [2.24, 2.45) is 5.73 Å². The molecule has 0 saturated heterocycles. The highest BCUT2D eigenvalue weighted by atomic mass is 32.2. The average molecular weight is 436 g/mol. The number of aromatic nitrogens is 1. The van der Waals surface area contributed by atoms with Gasteiger partial charge in [-0.1, -0.05) is 12.1 Å². The number of carbonyl (C=O) groups excluding carboxylic acids is 2. The number of pyridine rings is 1. The molecule has 1 unspecified atom stereocenters. The van der Waals surface area contributed by atoms with E-state index in [1.165, 1.54) is 11.8 Å². The summed E-state index contributed by atoms with van der Waals surface area (Å²) in [5, 5.41) is 14.2. The average Bonchev–Trinajstić information content (AvgIpc) is 2.74. The number of aliphatic carboxylic acids is 1. The maximum absolute atomic E-state index is 12.5. The predicted octanol–water partition coefficient (Wildman–Crippen LogP) is 4.13. The van der Waals surface area contributed by atoms with Gasteiger partial charge >= 0.3 is 12.0 Å². The number of primary amides is 1. The standard InChI is InChI=1S/C22H20N4O4S/c23-22(30)26-16-8-6-14(7-9-16)21(29)25-17-4-1-5-18(11-17)31-19(12-20(27)28)15-3-2-10-24-13-15/h1-11,13,19H,12H2,(H,25,29)(H,27,28)(H3,23,26,30). The number of hydrogen-bond donors (Lipinski definition) is 4. The topological polar surface area (TPSA) is 134 Å². The second kappa shape index (κ2) is 10.3. The summed E-state index contributed by atoms with van der Waals surface area (Å²) in [6.45, 7) is 0. The van der Waals surface area contributed by atoms with Gasteiger partial charge < -0.3 is 21.5 Å². The minimum Gasteiger partial charge on any atom is -0.481 e. The Balaban J connectivity index is 1.71. The fourth-order valence-electron chi connectivity index (χ4n) is 2.81. The number of urea groups is 1. The maximum atomic E-state index is 12.5. The summed E-state index contributed by atoms with van der Waals surface area (Å²) in [6, 6.07) is 16.4. The molecule has 0 fully saturated rings. The first-order valence-electron chi connectivity index (χ1n) is 9.27. The summed E-state index contributed by atoms with van der Waals surface area (Å²) in [4.78, 5) is 39.6. The van der Waals surface area contributed by atoms with Gasteiger partial charge in [0, 0.05) is 39.5 Å². The monoisotopic (exact) mass is 436 g/mol. The summed E-state index contributed by atoms with van der Waals surface area (Å²) in [5.41, 5.74) is 7.36. The lowest BCUT2D eigenvalue weighted by Gasteiger charge is -2.15. The van der Waals surface area contributed by atoms with Gasteiger partial charge in [-0.25, -0.2) is 4.79 Å². The van der Waals surface area contributed by atoms with E-state index in [2.05, 4.69) is 15.6 Å². The summed E-state index contributed by atoms with van der Waals surface area (Å²) in [7, 11) is 0. The van der Waals surface area contributed by atoms with Crippen molar-refractivity contribution in [2.45, 2.75) is 16.6 Å². The zero-order chi connectivity index (χ0) is 22.2. The molecule has 3 amide bonds. The summed E-state index contributed by atoms with van der Waals surface area (Å²) >= 11 is 1.39. The minimum atomic E-state index is -0.903.